The van der Waals surface area contributed by atoms with Crippen LogP contribution in [0.3, 0.4) is 0 Å². The van der Waals surface area contributed by atoms with Gasteiger partial charge in [-0.3, -0.25) is 0 Å². The molecule has 2 rings (SSSR count). The van der Waals surface area contributed by atoms with Crippen molar-refractivity contribution in [3.8, 4) is 0 Å². The van der Waals surface area contributed by atoms with Gasteiger partial charge >= 0.3 is 6.18 Å². The van der Waals surface area contributed by atoms with Crippen LogP contribution < -0.4 is 10.6 Å². The van der Waals surface area contributed by atoms with E-state index in [1.54, 1.807) is 6.92 Å². The smallest absolute Gasteiger partial charge is 0.385 e. The fraction of sp³-hybridized carbons (Fsp3) is 0.571. The molecule has 0 amide bonds. The van der Waals surface area contributed by atoms with E-state index < -0.39 is 11.7 Å². The Balaban J connectivity index is 1.97. The molecule has 1 aromatic carbocycles. The van der Waals surface area contributed by atoms with Gasteiger partial charge in [0.05, 0.1) is 5.56 Å². The van der Waals surface area contributed by atoms with Gasteiger partial charge in [0.2, 0.25) is 0 Å². The zero-order chi connectivity index (χ0) is 13.9. The van der Waals surface area contributed by atoms with E-state index in [2.05, 4.69) is 10.6 Å². The molecule has 1 aliphatic heterocycles. The quantitative estimate of drug-likeness (QED) is 0.881. The SMILES string of the molecule is Cc1cc(C(F)(F)F)ccc1NCC1CCNCC1. The molecule has 1 aromatic rings. The van der Waals surface area contributed by atoms with Crippen LogP contribution in [0.4, 0.5) is 18.9 Å². The predicted molar refractivity (Wildman–Crippen MR) is 70.3 cm³/mol. The van der Waals surface area contributed by atoms with Gasteiger partial charge in [0.25, 0.3) is 0 Å². The Morgan fingerprint density at radius 3 is 2.53 bits per heavy atom. The summed E-state index contributed by atoms with van der Waals surface area (Å²) in [5, 5.41) is 6.56. The fourth-order valence-electron chi connectivity index (χ4n) is 2.38. The first-order chi connectivity index (χ1) is 8.97. The highest BCUT2D eigenvalue weighted by atomic mass is 19.4. The third-order valence-corrected chi connectivity index (χ3v) is 3.59. The number of hydrogen-bond donors (Lipinski definition) is 2. The summed E-state index contributed by atoms with van der Waals surface area (Å²) in [7, 11) is 0. The van der Waals surface area contributed by atoms with Gasteiger partial charge in [0.1, 0.15) is 0 Å². The maximum Gasteiger partial charge on any atom is 0.416 e. The lowest BCUT2D eigenvalue weighted by atomic mass is 9.98. The summed E-state index contributed by atoms with van der Waals surface area (Å²) >= 11 is 0. The van der Waals surface area contributed by atoms with Crippen molar-refractivity contribution in [3.05, 3.63) is 29.3 Å². The van der Waals surface area contributed by atoms with Crippen molar-refractivity contribution in [3.63, 3.8) is 0 Å². The third kappa shape index (κ3) is 3.86. The average Bonchev–Trinajstić information content (AvgIpc) is 2.37. The first kappa shape index (κ1) is 14.2. The molecular formula is C14H19F3N2. The molecule has 0 atom stereocenters. The lowest BCUT2D eigenvalue weighted by Gasteiger charge is -2.23. The van der Waals surface area contributed by atoms with Gasteiger partial charge in [-0.1, -0.05) is 0 Å². The Morgan fingerprint density at radius 1 is 1.26 bits per heavy atom. The number of anilines is 1. The second-order valence-electron chi connectivity index (χ2n) is 5.10. The predicted octanol–water partition coefficient (Wildman–Crippen LogP) is 3.43. The lowest BCUT2D eigenvalue weighted by Crippen LogP contribution is -2.31. The molecule has 5 heteroatoms. The van der Waals surface area contributed by atoms with E-state index in [0.29, 0.717) is 11.5 Å². The Labute approximate surface area is 111 Å². The summed E-state index contributed by atoms with van der Waals surface area (Å²) in [6, 6.07) is 3.86. The summed E-state index contributed by atoms with van der Waals surface area (Å²) in [5.74, 6) is 0.600. The van der Waals surface area contributed by atoms with Gasteiger partial charge < -0.3 is 10.6 Å². The minimum absolute atomic E-state index is 0.586. The van der Waals surface area contributed by atoms with Crippen molar-refractivity contribution in [2.45, 2.75) is 25.9 Å². The molecule has 0 aromatic heterocycles. The van der Waals surface area contributed by atoms with Crippen LogP contribution in [0.15, 0.2) is 18.2 Å². The molecule has 0 saturated carbocycles. The second-order valence-corrected chi connectivity index (χ2v) is 5.10. The summed E-state index contributed by atoms with van der Waals surface area (Å²) in [6.45, 7) is 4.59. The highest BCUT2D eigenvalue weighted by Crippen LogP contribution is 2.31. The minimum atomic E-state index is -4.27. The molecule has 0 unspecified atom stereocenters. The summed E-state index contributed by atoms with van der Waals surface area (Å²) < 4.78 is 37.6. The van der Waals surface area contributed by atoms with E-state index in [-0.39, 0.29) is 0 Å². The van der Waals surface area contributed by atoms with Crippen molar-refractivity contribution in [2.75, 3.05) is 25.0 Å². The molecule has 1 aliphatic rings. The number of halogens is 3. The van der Waals surface area contributed by atoms with Gasteiger partial charge in [0.15, 0.2) is 0 Å². The standard InChI is InChI=1S/C14H19F3N2/c1-10-8-12(14(15,16)17)2-3-13(10)19-9-11-4-6-18-7-5-11/h2-3,8,11,18-19H,4-7,9H2,1H3. The number of benzene rings is 1. The molecule has 0 spiro atoms. The first-order valence-electron chi connectivity index (χ1n) is 6.59. The number of nitrogens with one attached hydrogen (secondary N) is 2. The van der Waals surface area contributed by atoms with Crippen molar-refractivity contribution < 1.29 is 13.2 Å². The molecule has 2 nitrogen and oxygen atoms in total. The van der Waals surface area contributed by atoms with E-state index in [9.17, 15) is 13.2 Å². The van der Waals surface area contributed by atoms with Crippen LogP contribution in [0.25, 0.3) is 0 Å². The number of hydrogen-bond acceptors (Lipinski definition) is 2. The van der Waals surface area contributed by atoms with Gasteiger partial charge in [-0.25, -0.2) is 0 Å². The highest BCUT2D eigenvalue weighted by Gasteiger charge is 2.30. The van der Waals surface area contributed by atoms with Gasteiger partial charge in [-0.15, -0.1) is 0 Å². The Bertz CT molecular complexity index is 423. The highest BCUT2D eigenvalue weighted by molar-refractivity contribution is 5.52. The van der Waals surface area contributed by atoms with Crippen LogP contribution >= 0.6 is 0 Å². The Morgan fingerprint density at radius 2 is 1.95 bits per heavy atom. The summed E-state index contributed by atoms with van der Waals surface area (Å²) in [5.41, 5.74) is 0.854. The monoisotopic (exact) mass is 272 g/mol. The zero-order valence-electron chi connectivity index (χ0n) is 11.0. The maximum atomic E-state index is 12.5. The van der Waals surface area contributed by atoms with Crippen LogP contribution in [0.1, 0.15) is 24.0 Å². The second kappa shape index (κ2) is 5.82. The maximum absolute atomic E-state index is 12.5. The van der Waals surface area contributed by atoms with E-state index in [4.69, 9.17) is 0 Å². The van der Waals surface area contributed by atoms with Gasteiger partial charge in [-0.2, -0.15) is 13.2 Å². The van der Waals surface area contributed by atoms with Crippen LogP contribution in [0, 0.1) is 12.8 Å². The number of rotatable bonds is 3. The summed E-state index contributed by atoms with van der Waals surface area (Å²) in [4.78, 5) is 0. The zero-order valence-corrected chi connectivity index (χ0v) is 11.0. The van der Waals surface area contributed by atoms with Crippen LogP contribution in [-0.2, 0) is 6.18 Å². The molecule has 106 valence electrons. The molecule has 1 saturated heterocycles. The van der Waals surface area contributed by atoms with Crippen molar-refractivity contribution in [2.24, 2.45) is 5.92 Å². The van der Waals surface area contributed by atoms with Crippen molar-refractivity contribution >= 4 is 5.69 Å². The largest absolute Gasteiger partial charge is 0.416 e. The third-order valence-electron chi connectivity index (χ3n) is 3.59. The van der Waals surface area contributed by atoms with Gasteiger partial charge in [0, 0.05) is 12.2 Å². The summed E-state index contributed by atoms with van der Waals surface area (Å²) in [6.07, 6.45) is -2.03. The Kier molecular flexibility index (Phi) is 4.34. The molecule has 0 radical (unpaired) electrons. The molecule has 0 bridgehead atoms. The van der Waals surface area contributed by atoms with Crippen LogP contribution in [0.5, 0.6) is 0 Å². The number of alkyl halides is 3. The molecule has 1 fully saturated rings. The topological polar surface area (TPSA) is 24.1 Å². The van der Waals surface area contributed by atoms with E-state index in [1.807, 2.05) is 0 Å². The van der Waals surface area contributed by atoms with Crippen LogP contribution in [-0.4, -0.2) is 19.6 Å². The van der Waals surface area contributed by atoms with Gasteiger partial charge in [-0.05, 0) is 62.5 Å². The molecule has 1 heterocycles. The molecule has 2 N–H and O–H groups in total. The average molecular weight is 272 g/mol. The first-order valence-corrected chi connectivity index (χ1v) is 6.59. The molecule has 0 aliphatic carbocycles. The van der Waals surface area contributed by atoms with E-state index in [0.717, 1.165) is 44.2 Å². The normalized spacial score (nSPS) is 17.5. The molecular weight excluding hydrogens is 253 g/mol. The molecule has 19 heavy (non-hydrogen) atoms. The van der Waals surface area contributed by atoms with E-state index >= 15 is 0 Å². The Hall–Kier alpha value is -1.23. The van der Waals surface area contributed by atoms with Crippen molar-refractivity contribution in [1.29, 1.82) is 0 Å². The number of piperidine rings is 1. The number of aryl methyl sites for hydroxylation is 1. The lowest BCUT2D eigenvalue weighted by molar-refractivity contribution is -0.137. The van der Waals surface area contributed by atoms with E-state index in [1.165, 1.54) is 12.1 Å². The van der Waals surface area contributed by atoms with Crippen molar-refractivity contribution in [1.82, 2.24) is 5.32 Å². The minimum Gasteiger partial charge on any atom is -0.385 e. The fourth-order valence-corrected chi connectivity index (χ4v) is 2.38. The van der Waals surface area contributed by atoms with Crippen LogP contribution in [0.2, 0.25) is 0 Å².